The van der Waals surface area contributed by atoms with E-state index in [4.69, 9.17) is 4.74 Å². The maximum Gasteiger partial charge on any atom is 0.193 e. The number of methoxy groups -OCH3 is 1. The van der Waals surface area contributed by atoms with E-state index in [2.05, 4.69) is 10.3 Å². The molecular formula is C19H25N3O3S. The Hall–Kier alpha value is -2.54. The van der Waals surface area contributed by atoms with E-state index >= 15 is 0 Å². The maximum atomic E-state index is 11.5. The Balaban J connectivity index is 2.00. The van der Waals surface area contributed by atoms with Gasteiger partial charge in [-0.1, -0.05) is 30.3 Å². The van der Waals surface area contributed by atoms with Crippen molar-refractivity contribution in [3.63, 3.8) is 0 Å². The van der Waals surface area contributed by atoms with Gasteiger partial charge in [0, 0.05) is 39.0 Å². The predicted octanol–water partition coefficient (Wildman–Crippen LogP) is 2.31. The zero-order valence-corrected chi connectivity index (χ0v) is 16.4. The normalized spacial score (nSPS) is 11.9. The average Bonchev–Trinajstić information content (AvgIpc) is 2.62. The summed E-state index contributed by atoms with van der Waals surface area (Å²) in [6.07, 6.45) is 1.20. The summed E-state index contributed by atoms with van der Waals surface area (Å²) >= 11 is 0. The van der Waals surface area contributed by atoms with E-state index in [9.17, 15) is 8.42 Å². The molecule has 0 heterocycles. The molecule has 0 fully saturated rings. The fourth-order valence-electron chi connectivity index (χ4n) is 2.58. The third-order valence-corrected chi connectivity index (χ3v) is 5.10. The number of aliphatic imine (C=N–C) groups is 1. The molecule has 26 heavy (non-hydrogen) atoms. The van der Waals surface area contributed by atoms with Crippen LogP contribution in [0.25, 0.3) is 0 Å². The summed E-state index contributed by atoms with van der Waals surface area (Å²) in [5.41, 5.74) is 2.04. The second kappa shape index (κ2) is 8.71. The summed E-state index contributed by atoms with van der Waals surface area (Å²) in [5.74, 6) is 1.58. The monoisotopic (exact) mass is 375 g/mol. The molecule has 0 radical (unpaired) electrons. The zero-order chi connectivity index (χ0) is 19.2. The Labute approximate surface area is 155 Å². The van der Waals surface area contributed by atoms with Crippen LogP contribution in [-0.4, -0.2) is 46.7 Å². The highest BCUT2D eigenvalue weighted by Gasteiger charge is 2.10. The molecule has 140 valence electrons. The van der Waals surface area contributed by atoms with Gasteiger partial charge in [-0.2, -0.15) is 0 Å². The molecule has 2 rings (SSSR count). The quantitative estimate of drug-likeness (QED) is 0.620. The third kappa shape index (κ3) is 5.23. The van der Waals surface area contributed by atoms with Crippen LogP contribution in [-0.2, 0) is 22.9 Å². The lowest BCUT2D eigenvalue weighted by Crippen LogP contribution is -2.38. The van der Waals surface area contributed by atoms with Crippen molar-refractivity contribution in [1.82, 2.24) is 10.2 Å². The molecule has 2 aromatic rings. The number of sulfone groups is 1. The largest absolute Gasteiger partial charge is 0.496 e. The molecule has 0 saturated heterocycles. The van der Waals surface area contributed by atoms with Gasteiger partial charge in [0.2, 0.25) is 0 Å². The molecule has 0 saturated carbocycles. The molecule has 0 spiro atoms. The summed E-state index contributed by atoms with van der Waals surface area (Å²) in [6.45, 7) is 1.20. The van der Waals surface area contributed by atoms with Crippen molar-refractivity contribution >= 4 is 15.8 Å². The second-order valence-corrected chi connectivity index (χ2v) is 8.00. The SMILES string of the molecule is CN=C(NCc1ccc(S(C)(=O)=O)cc1)N(C)Cc1ccccc1OC. The van der Waals surface area contributed by atoms with Gasteiger partial charge in [-0.3, -0.25) is 4.99 Å². The van der Waals surface area contributed by atoms with E-state index in [1.807, 2.05) is 36.2 Å². The summed E-state index contributed by atoms with van der Waals surface area (Å²) in [5, 5.41) is 3.29. The molecule has 7 heteroatoms. The standard InChI is InChI=1S/C19H25N3O3S/c1-20-19(22(2)14-16-7-5-6-8-18(16)25-3)21-13-15-9-11-17(12-10-15)26(4,23)24/h5-12H,13-14H2,1-4H3,(H,20,21). The Kier molecular flexibility index (Phi) is 6.63. The highest BCUT2D eigenvalue weighted by atomic mass is 32.2. The Morgan fingerprint density at radius 1 is 1.15 bits per heavy atom. The van der Waals surface area contributed by atoms with Crippen LogP contribution in [0.3, 0.4) is 0 Å². The summed E-state index contributed by atoms with van der Waals surface area (Å²) < 4.78 is 28.4. The Morgan fingerprint density at radius 2 is 1.81 bits per heavy atom. The number of para-hydroxylation sites is 1. The van der Waals surface area contributed by atoms with Crippen molar-refractivity contribution in [3.8, 4) is 5.75 Å². The van der Waals surface area contributed by atoms with Gasteiger partial charge in [-0.25, -0.2) is 8.42 Å². The van der Waals surface area contributed by atoms with Gasteiger partial charge in [0.25, 0.3) is 0 Å². The number of nitrogens with zero attached hydrogens (tertiary/aromatic N) is 2. The number of hydrogen-bond donors (Lipinski definition) is 1. The van der Waals surface area contributed by atoms with Gasteiger partial charge in [-0.15, -0.1) is 0 Å². The van der Waals surface area contributed by atoms with Crippen molar-refractivity contribution in [1.29, 1.82) is 0 Å². The minimum Gasteiger partial charge on any atom is -0.496 e. The molecule has 2 aromatic carbocycles. The molecular weight excluding hydrogens is 350 g/mol. The van der Waals surface area contributed by atoms with Gasteiger partial charge < -0.3 is 15.0 Å². The van der Waals surface area contributed by atoms with Gasteiger partial charge in [-0.05, 0) is 23.8 Å². The van der Waals surface area contributed by atoms with Crippen LogP contribution >= 0.6 is 0 Å². The van der Waals surface area contributed by atoms with E-state index in [0.29, 0.717) is 18.0 Å². The maximum absolute atomic E-state index is 11.5. The average molecular weight is 375 g/mol. The van der Waals surface area contributed by atoms with Crippen molar-refractivity contribution in [3.05, 3.63) is 59.7 Å². The van der Waals surface area contributed by atoms with Crippen molar-refractivity contribution in [2.75, 3.05) is 27.5 Å². The Morgan fingerprint density at radius 3 is 2.38 bits per heavy atom. The number of ether oxygens (including phenoxy) is 1. The molecule has 1 N–H and O–H groups in total. The van der Waals surface area contributed by atoms with E-state index in [1.54, 1.807) is 38.4 Å². The fourth-order valence-corrected chi connectivity index (χ4v) is 3.21. The van der Waals surface area contributed by atoms with Crippen molar-refractivity contribution in [2.45, 2.75) is 18.0 Å². The first-order valence-corrected chi connectivity index (χ1v) is 10.1. The highest BCUT2D eigenvalue weighted by molar-refractivity contribution is 7.90. The minimum atomic E-state index is -3.17. The van der Waals surface area contributed by atoms with E-state index in [1.165, 1.54) is 6.26 Å². The van der Waals surface area contributed by atoms with Crippen LogP contribution < -0.4 is 10.1 Å². The molecule has 0 aliphatic heterocycles. The fraction of sp³-hybridized carbons (Fsp3) is 0.316. The lowest BCUT2D eigenvalue weighted by Gasteiger charge is -2.23. The second-order valence-electron chi connectivity index (χ2n) is 5.98. The summed E-state index contributed by atoms with van der Waals surface area (Å²) in [6, 6.07) is 14.7. The topological polar surface area (TPSA) is 71.0 Å². The molecule has 0 aliphatic carbocycles. The van der Waals surface area contributed by atoms with Crippen LogP contribution in [0, 0.1) is 0 Å². The van der Waals surface area contributed by atoms with Crippen molar-refractivity contribution < 1.29 is 13.2 Å². The highest BCUT2D eigenvalue weighted by Crippen LogP contribution is 2.18. The summed E-state index contributed by atoms with van der Waals surface area (Å²) in [4.78, 5) is 6.63. The molecule has 6 nitrogen and oxygen atoms in total. The lowest BCUT2D eigenvalue weighted by atomic mass is 10.2. The number of benzene rings is 2. The number of hydrogen-bond acceptors (Lipinski definition) is 4. The third-order valence-electron chi connectivity index (χ3n) is 3.98. The van der Waals surface area contributed by atoms with E-state index in [0.717, 1.165) is 22.8 Å². The Bertz CT molecular complexity index is 862. The van der Waals surface area contributed by atoms with Gasteiger partial charge >= 0.3 is 0 Å². The number of rotatable bonds is 6. The minimum absolute atomic E-state index is 0.318. The number of guanidine groups is 1. The number of nitrogens with one attached hydrogen (secondary N) is 1. The predicted molar refractivity (Wildman–Crippen MR) is 104 cm³/mol. The first kappa shape index (κ1) is 19.8. The molecule has 0 aliphatic rings. The smallest absolute Gasteiger partial charge is 0.193 e. The summed E-state index contributed by atoms with van der Waals surface area (Å²) in [7, 11) is 2.17. The first-order chi connectivity index (χ1) is 12.3. The molecule has 0 atom stereocenters. The molecule has 0 bridgehead atoms. The van der Waals surface area contributed by atoms with Gasteiger partial charge in [0.1, 0.15) is 5.75 Å². The lowest BCUT2D eigenvalue weighted by molar-refractivity contribution is 0.396. The first-order valence-electron chi connectivity index (χ1n) is 8.18. The molecule has 0 aromatic heterocycles. The van der Waals surface area contributed by atoms with Crippen LogP contribution in [0.4, 0.5) is 0 Å². The van der Waals surface area contributed by atoms with Crippen LogP contribution in [0.2, 0.25) is 0 Å². The van der Waals surface area contributed by atoms with Crippen molar-refractivity contribution in [2.24, 2.45) is 4.99 Å². The molecule has 0 amide bonds. The van der Waals surface area contributed by atoms with Gasteiger partial charge in [0.05, 0.1) is 12.0 Å². The van der Waals surface area contributed by atoms with Gasteiger partial charge in [0.15, 0.2) is 15.8 Å². The van der Waals surface area contributed by atoms with Crippen LogP contribution in [0.1, 0.15) is 11.1 Å². The zero-order valence-electron chi connectivity index (χ0n) is 15.6. The molecule has 0 unspecified atom stereocenters. The van der Waals surface area contributed by atoms with Crippen LogP contribution in [0.15, 0.2) is 58.4 Å². The van der Waals surface area contributed by atoms with E-state index in [-0.39, 0.29) is 0 Å². The van der Waals surface area contributed by atoms with Crippen LogP contribution in [0.5, 0.6) is 5.75 Å². The van der Waals surface area contributed by atoms with E-state index < -0.39 is 9.84 Å².